The van der Waals surface area contributed by atoms with Crippen LogP contribution in [0.15, 0.2) is 18.2 Å². The average molecular weight is 265 g/mol. The van der Waals surface area contributed by atoms with E-state index in [1.807, 2.05) is 0 Å². The number of hydrogen-bond acceptors (Lipinski definition) is 5. The lowest BCUT2D eigenvalue weighted by atomic mass is 10.1. The molecule has 100 valence electrons. The summed E-state index contributed by atoms with van der Waals surface area (Å²) in [5, 5.41) is 22.4. The molecule has 1 fully saturated rings. The summed E-state index contributed by atoms with van der Waals surface area (Å²) < 4.78 is 0. The summed E-state index contributed by atoms with van der Waals surface area (Å²) in [5.41, 5.74) is -0.357. The van der Waals surface area contributed by atoms with E-state index in [-0.39, 0.29) is 18.0 Å². The van der Waals surface area contributed by atoms with E-state index in [1.165, 1.54) is 12.1 Å². The normalized spacial score (nSPS) is 14.9. The zero-order chi connectivity index (χ0) is 14.0. The van der Waals surface area contributed by atoms with Crippen molar-refractivity contribution in [3.63, 3.8) is 0 Å². The summed E-state index contributed by atoms with van der Waals surface area (Å²) in [6.45, 7) is 1.09. The minimum Gasteiger partial charge on any atom is -0.477 e. The van der Waals surface area contributed by atoms with Gasteiger partial charge in [-0.15, -0.1) is 0 Å². The maximum absolute atomic E-state index is 11.3. The Morgan fingerprint density at radius 3 is 2.79 bits per heavy atom. The Kier molecular flexibility index (Phi) is 3.32. The van der Waals surface area contributed by atoms with Crippen molar-refractivity contribution in [2.75, 3.05) is 24.5 Å². The Morgan fingerprint density at radius 2 is 2.21 bits per heavy atom. The Bertz CT molecular complexity index is 557. The van der Waals surface area contributed by atoms with Crippen LogP contribution in [0, 0.1) is 10.1 Å². The number of carbonyl (C=O) groups is 2. The SMILES string of the molecule is O=C1CN(c2ccc([N+](=O)[O-])c(C(=O)O)c2)CCN1. The summed E-state index contributed by atoms with van der Waals surface area (Å²) in [6, 6.07) is 3.81. The van der Waals surface area contributed by atoms with E-state index in [9.17, 15) is 19.7 Å². The number of nitro benzene ring substituents is 1. The van der Waals surface area contributed by atoms with E-state index in [1.54, 1.807) is 4.90 Å². The quantitative estimate of drug-likeness (QED) is 0.597. The monoisotopic (exact) mass is 265 g/mol. The molecule has 0 aromatic heterocycles. The highest BCUT2D eigenvalue weighted by Crippen LogP contribution is 2.25. The smallest absolute Gasteiger partial charge is 0.342 e. The second-order valence-electron chi connectivity index (χ2n) is 4.04. The van der Waals surface area contributed by atoms with Crippen molar-refractivity contribution in [1.29, 1.82) is 0 Å². The maximum Gasteiger partial charge on any atom is 0.342 e. The van der Waals surface area contributed by atoms with E-state index in [0.717, 1.165) is 6.07 Å². The number of carboxylic acid groups (broad SMARTS) is 1. The number of nitrogens with one attached hydrogen (secondary N) is 1. The highest BCUT2D eigenvalue weighted by molar-refractivity contribution is 5.94. The van der Waals surface area contributed by atoms with Crippen LogP contribution in [0.1, 0.15) is 10.4 Å². The van der Waals surface area contributed by atoms with Crippen LogP contribution in [0.25, 0.3) is 0 Å². The molecule has 1 aromatic rings. The van der Waals surface area contributed by atoms with Gasteiger partial charge in [-0.3, -0.25) is 14.9 Å². The van der Waals surface area contributed by atoms with Crippen molar-refractivity contribution >= 4 is 23.3 Å². The lowest BCUT2D eigenvalue weighted by molar-refractivity contribution is -0.385. The van der Waals surface area contributed by atoms with Gasteiger partial charge in [0, 0.05) is 24.8 Å². The van der Waals surface area contributed by atoms with Gasteiger partial charge in [-0.25, -0.2) is 4.79 Å². The van der Waals surface area contributed by atoms with Gasteiger partial charge in [-0.2, -0.15) is 0 Å². The first kappa shape index (κ1) is 12.8. The van der Waals surface area contributed by atoms with Crippen LogP contribution in [0.5, 0.6) is 0 Å². The molecule has 0 unspecified atom stereocenters. The van der Waals surface area contributed by atoms with Gasteiger partial charge < -0.3 is 15.3 Å². The molecule has 8 nitrogen and oxygen atoms in total. The van der Waals surface area contributed by atoms with Gasteiger partial charge in [0.2, 0.25) is 5.91 Å². The van der Waals surface area contributed by atoms with Crippen LogP contribution in [-0.2, 0) is 4.79 Å². The van der Waals surface area contributed by atoms with E-state index in [4.69, 9.17) is 5.11 Å². The van der Waals surface area contributed by atoms with Crippen molar-refractivity contribution < 1.29 is 19.6 Å². The Labute approximate surface area is 107 Å². The van der Waals surface area contributed by atoms with Gasteiger partial charge in [0.05, 0.1) is 11.5 Å². The Balaban J connectivity index is 2.37. The number of carboxylic acids is 1. The Hall–Kier alpha value is -2.64. The van der Waals surface area contributed by atoms with Gasteiger partial charge in [-0.05, 0) is 12.1 Å². The third kappa shape index (κ3) is 2.62. The van der Waals surface area contributed by atoms with Gasteiger partial charge in [-0.1, -0.05) is 0 Å². The van der Waals surface area contributed by atoms with E-state index < -0.39 is 16.6 Å². The van der Waals surface area contributed by atoms with Gasteiger partial charge in [0.1, 0.15) is 5.56 Å². The predicted molar refractivity (Wildman–Crippen MR) is 65.3 cm³/mol. The minimum absolute atomic E-state index is 0.108. The molecule has 0 bridgehead atoms. The molecule has 1 aromatic carbocycles. The number of aromatic carboxylic acids is 1. The van der Waals surface area contributed by atoms with Crippen LogP contribution in [0.2, 0.25) is 0 Å². The van der Waals surface area contributed by atoms with Crippen LogP contribution in [0.3, 0.4) is 0 Å². The van der Waals surface area contributed by atoms with Crippen LogP contribution < -0.4 is 10.2 Å². The van der Waals surface area contributed by atoms with Crippen molar-refractivity contribution in [1.82, 2.24) is 5.32 Å². The largest absolute Gasteiger partial charge is 0.477 e. The molecule has 2 rings (SSSR count). The van der Waals surface area contributed by atoms with Gasteiger partial charge >= 0.3 is 5.97 Å². The lowest BCUT2D eigenvalue weighted by Gasteiger charge is -2.28. The number of nitrogens with zero attached hydrogens (tertiary/aromatic N) is 2. The standard InChI is InChI=1S/C11H11N3O5/c15-10-6-13(4-3-12-10)7-1-2-9(14(18)19)8(5-7)11(16)17/h1-2,5H,3-4,6H2,(H,12,15)(H,16,17). The van der Waals surface area contributed by atoms with Crippen LogP contribution in [0.4, 0.5) is 11.4 Å². The first-order valence-corrected chi connectivity index (χ1v) is 5.52. The molecule has 0 aliphatic carbocycles. The number of nitro groups is 1. The van der Waals surface area contributed by atoms with E-state index >= 15 is 0 Å². The molecule has 19 heavy (non-hydrogen) atoms. The average Bonchev–Trinajstić information content (AvgIpc) is 2.37. The molecule has 1 heterocycles. The summed E-state index contributed by atoms with van der Waals surface area (Å²) in [6.07, 6.45) is 0. The summed E-state index contributed by atoms with van der Waals surface area (Å²) in [4.78, 5) is 34.0. The van der Waals surface area contributed by atoms with Gasteiger partial charge in [0.15, 0.2) is 0 Å². The van der Waals surface area contributed by atoms with Crippen molar-refractivity contribution in [2.24, 2.45) is 0 Å². The highest BCUT2D eigenvalue weighted by atomic mass is 16.6. The highest BCUT2D eigenvalue weighted by Gasteiger charge is 2.23. The fourth-order valence-electron chi connectivity index (χ4n) is 1.91. The molecular formula is C11H11N3O5. The van der Waals surface area contributed by atoms with Gasteiger partial charge in [0.25, 0.3) is 5.69 Å². The Morgan fingerprint density at radius 1 is 1.47 bits per heavy atom. The van der Waals surface area contributed by atoms with E-state index in [0.29, 0.717) is 18.8 Å². The molecule has 2 N–H and O–H groups in total. The predicted octanol–water partition coefficient (Wildman–Crippen LogP) is 0.229. The first-order chi connectivity index (χ1) is 8.99. The van der Waals surface area contributed by atoms with Crippen molar-refractivity contribution in [3.05, 3.63) is 33.9 Å². The number of rotatable bonds is 3. The summed E-state index contributed by atoms with van der Waals surface area (Å²) in [7, 11) is 0. The first-order valence-electron chi connectivity index (χ1n) is 5.52. The molecule has 0 atom stereocenters. The summed E-state index contributed by atoms with van der Waals surface area (Å²) in [5.74, 6) is -1.53. The number of hydrogen-bond donors (Lipinski definition) is 2. The number of anilines is 1. The maximum atomic E-state index is 11.3. The van der Waals surface area contributed by atoms with Crippen molar-refractivity contribution in [2.45, 2.75) is 0 Å². The molecule has 0 spiro atoms. The van der Waals surface area contributed by atoms with E-state index in [2.05, 4.69) is 5.32 Å². The molecule has 0 saturated carbocycles. The number of benzene rings is 1. The summed E-state index contributed by atoms with van der Waals surface area (Å²) >= 11 is 0. The molecule has 1 saturated heterocycles. The second kappa shape index (κ2) is 4.92. The fourth-order valence-corrected chi connectivity index (χ4v) is 1.91. The minimum atomic E-state index is -1.37. The lowest BCUT2D eigenvalue weighted by Crippen LogP contribution is -2.47. The fraction of sp³-hybridized carbons (Fsp3) is 0.273. The second-order valence-corrected chi connectivity index (χ2v) is 4.04. The number of amides is 1. The topological polar surface area (TPSA) is 113 Å². The van der Waals surface area contributed by atoms with Crippen LogP contribution >= 0.6 is 0 Å². The molecule has 8 heteroatoms. The molecular weight excluding hydrogens is 254 g/mol. The molecule has 1 aliphatic heterocycles. The number of carbonyl (C=O) groups excluding carboxylic acids is 1. The van der Waals surface area contributed by atoms with Crippen molar-refractivity contribution in [3.8, 4) is 0 Å². The third-order valence-corrected chi connectivity index (χ3v) is 2.81. The zero-order valence-corrected chi connectivity index (χ0v) is 9.83. The number of piperazine rings is 1. The zero-order valence-electron chi connectivity index (χ0n) is 9.83. The third-order valence-electron chi connectivity index (χ3n) is 2.81. The molecule has 1 aliphatic rings. The van der Waals surface area contributed by atoms with Crippen LogP contribution in [-0.4, -0.2) is 41.5 Å². The molecule has 0 radical (unpaired) electrons. The molecule has 1 amide bonds.